The highest BCUT2D eigenvalue weighted by Crippen LogP contribution is 2.30. The van der Waals surface area contributed by atoms with Crippen LogP contribution in [0.1, 0.15) is 25.3 Å². The number of hydrogen-bond acceptors (Lipinski definition) is 3. The van der Waals surface area contributed by atoms with Crippen LogP contribution in [0.15, 0.2) is 18.2 Å². The van der Waals surface area contributed by atoms with Gasteiger partial charge in [-0.15, -0.1) is 0 Å². The smallest absolute Gasteiger partial charge is 0.122 e. The van der Waals surface area contributed by atoms with Gasteiger partial charge in [0.15, 0.2) is 0 Å². The molecule has 0 radical (unpaired) electrons. The van der Waals surface area contributed by atoms with E-state index in [2.05, 4.69) is 24.8 Å². The molecule has 3 nitrogen and oxygen atoms in total. The highest BCUT2D eigenvalue weighted by Gasteiger charge is 2.10. The van der Waals surface area contributed by atoms with Gasteiger partial charge in [-0.25, -0.2) is 0 Å². The summed E-state index contributed by atoms with van der Waals surface area (Å²) in [7, 11) is 5.42. The lowest BCUT2D eigenvalue weighted by atomic mass is 10.0. The second-order valence-electron chi connectivity index (χ2n) is 4.20. The fourth-order valence-electron chi connectivity index (χ4n) is 1.68. The molecular weight excluding hydrogens is 202 g/mol. The van der Waals surface area contributed by atoms with Crippen LogP contribution in [0.3, 0.4) is 0 Å². The number of nitrogens with zero attached hydrogens (tertiary/aromatic N) is 1. The second-order valence-corrected chi connectivity index (χ2v) is 4.20. The molecule has 1 aromatic carbocycles. The van der Waals surface area contributed by atoms with Gasteiger partial charge < -0.3 is 14.4 Å². The molecule has 0 amide bonds. The summed E-state index contributed by atoms with van der Waals surface area (Å²) in [5, 5.41) is 0. The SMILES string of the molecule is COCN(C)c1ccc(OC)c(C(C)C)c1. The predicted molar refractivity (Wildman–Crippen MR) is 67.4 cm³/mol. The Morgan fingerprint density at radius 1 is 1.25 bits per heavy atom. The van der Waals surface area contributed by atoms with Crippen molar-refractivity contribution in [3.63, 3.8) is 0 Å². The highest BCUT2D eigenvalue weighted by atomic mass is 16.5. The average Bonchev–Trinajstić information content (AvgIpc) is 2.28. The van der Waals surface area contributed by atoms with E-state index >= 15 is 0 Å². The molecule has 0 heterocycles. The Hall–Kier alpha value is -1.22. The average molecular weight is 223 g/mol. The molecule has 0 aliphatic heterocycles. The first-order valence-corrected chi connectivity index (χ1v) is 5.48. The summed E-state index contributed by atoms with van der Waals surface area (Å²) in [5.74, 6) is 1.40. The number of benzene rings is 1. The van der Waals surface area contributed by atoms with Gasteiger partial charge in [-0.1, -0.05) is 13.8 Å². The van der Waals surface area contributed by atoms with E-state index in [1.165, 1.54) is 5.56 Å². The quantitative estimate of drug-likeness (QED) is 0.716. The van der Waals surface area contributed by atoms with Crippen molar-refractivity contribution < 1.29 is 9.47 Å². The maximum absolute atomic E-state index is 5.35. The first-order valence-electron chi connectivity index (χ1n) is 5.48. The zero-order chi connectivity index (χ0) is 12.1. The molecule has 0 bridgehead atoms. The van der Waals surface area contributed by atoms with Crippen LogP contribution < -0.4 is 9.64 Å². The minimum absolute atomic E-state index is 0.450. The number of rotatable bonds is 5. The molecule has 0 aliphatic carbocycles. The van der Waals surface area contributed by atoms with Gasteiger partial charge in [0.05, 0.1) is 7.11 Å². The summed E-state index contributed by atoms with van der Waals surface area (Å²) in [6.07, 6.45) is 0. The number of ether oxygens (including phenoxy) is 2. The largest absolute Gasteiger partial charge is 0.496 e. The summed E-state index contributed by atoms with van der Waals surface area (Å²) >= 11 is 0. The van der Waals surface area contributed by atoms with Crippen molar-refractivity contribution in [3.8, 4) is 5.75 Å². The first-order chi connectivity index (χ1) is 7.60. The highest BCUT2D eigenvalue weighted by molar-refractivity contribution is 5.53. The Balaban J connectivity index is 3.01. The molecule has 90 valence electrons. The Kier molecular flexibility index (Phi) is 4.62. The zero-order valence-electron chi connectivity index (χ0n) is 10.8. The Bertz CT molecular complexity index is 337. The van der Waals surface area contributed by atoms with Crippen LogP contribution in [0.4, 0.5) is 5.69 Å². The standard InChI is InChI=1S/C13H21NO2/c1-10(2)12-8-11(14(3)9-15-4)6-7-13(12)16-5/h6-8,10H,9H2,1-5H3. The van der Waals surface area contributed by atoms with E-state index in [0.29, 0.717) is 12.6 Å². The first kappa shape index (κ1) is 12.8. The molecule has 1 aromatic rings. The molecule has 0 aromatic heterocycles. The number of anilines is 1. The van der Waals surface area contributed by atoms with E-state index in [0.717, 1.165) is 11.4 Å². The predicted octanol–water partition coefficient (Wildman–Crippen LogP) is 2.86. The minimum atomic E-state index is 0.450. The molecular formula is C13H21NO2. The minimum Gasteiger partial charge on any atom is -0.496 e. The van der Waals surface area contributed by atoms with Gasteiger partial charge in [-0.2, -0.15) is 0 Å². The third-order valence-corrected chi connectivity index (χ3v) is 2.60. The second kappa shape index (κ2) is 5.75. The van der Waals surface area contributed by atoms with Crippen LogP contribution in [0.5, 0.6) is 5.75 Å². The van der Waals surface area contributed by atoms with Gasteiger partial charge in [0.1, 0.15) is 12.5 Å². The molecule has 0 atom stereocenters. The van der Waals surface area contributed by atoms with E-state index in [4.69, 9.17) is 9.47 Å². The van der Waals surface area contributed by atoms with Crippen LogP contribution in [0, 0.1) is 0 Å². The van der Waals surface area contributed by atoms with E-state index < -0.39 is 0 Å². The van der Waals surface area contributed by atoms with Gasteiger partial charge in [0.2, 0.25) is 0 Å². The monoisotopic (exact) mass is 223 g/mol. The molecule has 0 fully saturated rings. The molecule has 1 rings (SSSR count). The molecule has 0 saturated carbocycles. The fraction of sp³-hybridized carbons (Fsp3) is 0.538. The third-order valence-electron chi connectivity index (χ3n) is 2.60. The van der Waals surface area contributed by atoms with Crippen molar-refractivity contribution in [2.45, 2.75) is 19.8 Å². The lowest BCUT2D eigenvalue weighted by Gasteiger charge is -2.21. The van der Waals surface area contributed by atoms with Crippen molar-refractivity contribution in [1.82, 2.24) is 0 Å². The molecule has 0 spiro atoms. The van der Waals surface area contributed by atoms with Crippen molar-refractivity contribution in [2.75, 3.05) is 32.9 Å². The summed E-state index contributed by atoms with van der Waals surface area (Å²) < 4.78 is 10.5. The summed E-state index contributed by atoms with van der Waals surface area (Å²) in [6.45, 7) is 4.92. The van der Waals surface area contributed by atoms with Crippen molar-refractivity contribution in [3.05, 3.63) is 23.8 Å². The van der Waals surface area contributed by atoms with Crippen LogP contribution in [-0.2, 0) is 4.74 Å². The normalized spacial score (nSPS) is 10.6. The van der Waals surface area contributed by atoms with Gasteiger partial charge in [0, 0.05) is 19.8 Å². The van der Waals surface area contributed by atoms with Crippen molar-refractivity contribution in [2.24, 2.45) is 0 Å². The number of methoxy groups -OCH3 is 2. The maximum atomic E-state index is 5.35. The van der Waals surface area contributed by atoms with Crippen molar-refractivity contribution >= 4 is 5.69 Å². The molecule has 3 heteroatoms. The molecule has 0 aliphatic rings. The lowest BCUT2D eigenvalue weighted by molar-refractivity contribution is 0.202. The van der Waals surface area contributed by atoms with Crippen LogP contribution >= 0.6 is 0 Å². The van der Waals surface area contributed by atoms with Gasteiger partial charge in [0.25, 0.3) is 0 Å². The zero-order valence-corrected chi connectivity index (χ0v) is 10.8. The molecule has 0 saturated heterocycles. The van der Waals surface area contributed by atoms with E-state index in [1.807, 2.05) is 19.2 Å². The lowest BCUT2D eigenvalue weighted by Crippen LogP contribution is -2.19. The third kappa shape index (κ3) is 2.89. The van der Waals surface area contributed by atoms with E-state index in [9.17, 15) is 0 Å². The Labute approximate surface area is 98.0 Å². The van der Waals surface area contributed by atoms with Crippen LogP contribution in [-0.4, -0.2) is 28.0 Å². The maximum Gasteiger partial charge on any atom is 0.122 e. The van der Waals surface area contributed by atoms with E-state index in [-0.39, 0.29) is 0 Å². The molecule has 0 unspecified atom stereocenters. The van der Waals surface area contributed by atoms with Crippen LogP contribution in [0.2, 0.25) is 0 Å². The summed E-state index contributed by atoms with van der Waals surface area (Å²) in [6, 6.07) is 6.21. The summed E-state index contributed by atoms with van der Waals surface area (Å²) in [5.41, 5.74) is 2.37. The summed E-state index contributed by atoms with van der Waals surface area (Å²) in [4.78, 5) is 2.06. The topological polar surface area (TPSA) is 21.7 Å². The Morgan fingerprint density at radius 2 is 1.94 bits per heavy atom. The molecule has 0 N–H and O–H groups in total. The van der Waals surface area contributed by atoms with Gasteiger partial charge in [-0.05, 0) is 29.7 Å². The Morgan fingerprint density at radius 3 is 2.44 bits per heavy atom. The van der Waals surface area contributed by atoms with Gasteiger partial charge >= 0.3 is 0 Å². The number of hydrogen-bond donors (Lipinski definition) is 0. The fourth-order valence-corrected chi connectivity index (χ4v) is 1.68. The van der Waals surface area contributed by atoms with Gasteiger partial charge in [-0.3, -0.25) is 0 Å². The molecule has 16 heavy (non-hydrogen) atoms. The van der Waals surface area contributed by atoms with E-state index in [1.54, 1.807) is 14.2 Å². The van der Waals surface area contributed by atoms with Crippen molar-refractivity contribution in [1.29, 1.82) is 0 Å². The van der Waals surface area contributed by atoms with Crippen LogP contribution in [0.25, 0.3) is 0 Å².